The lowest BCUT2D eigenvalue weighted by atomic mass is 9.68. The van der Waals surface area contributed by atoms with Gasteiger partial charge in [-0.25, -0.2) is 0 Å². The quantitative estimate of drug-likeness (QED) is 0.532. The molecular weight excluding hydrogens is 446 g/mol. The van der Waals surface area contributed by atoms with Crippen LogP contribution in [0.4, 0.5) is 5.69 Å². The zero-order chi connectivity index (χ0) is 24.6. The second-order valence-electron chi connectivity index (χ2n) is 12.7. The minimum absolute atomic E-state index is 0.129. The fraction of sp³-hybridized carbons (Fsp3) is 0.742. The number of ketones is 1. The summed E-state index contributed by atoms with van der Waals surface area (Å²) in [5, 5.41) is 0. The van der Waals surface area contributed by atoms with E-state index in [1.807, 2.05) is 4.90 Å². The summed E-state index contributed by atoms with van der Waals surface area (Å²) >= 11 is 0. The number of benzene rings is 1. The van der Waals surface area contributed by atoms with Gasteiger partial charge in [-0.05, 0) is 88.7 Å². The van der Waals surface area contributed by atoms with Crippen molar-refractivity contribution < 1.29 is 9.59 Å². The zero-order valence-corrected chi connectivity index (χ0v) is 22.2. The molecule has 196 valence electrons. The van der Waals surface area contributed by atoms with Gasteiger partial charge in [0.05, 0.1) is 12.6 Å². The third-order valence-electron chi connectivity index (χ3n) is 10.4. The Kier molecular flexibility index (Phi) is 7.11. The maximum atomic E-state index is 13.6. The summed E-state index contributed by atoms with van der Waals surface area (Å²) in [5.74, 6) is 2.19. The number of anilines is 1. The Morgan fingerprint density at radius 1 is 0.806 bits per heavy atom. The molecule has 6 rings (SSSR count). The van der Waals surface area contributed by atoms with Gasteiger partial charge in [-0.1, -0.05) is 43.9 Å². The van der Waals surface area contributed by atoms with Crippen molar-refractivity contribution in [2.45, 2.75) is 121 Å². The van der Waals surface area contributed by atoms with Crippen LogP contribution in [0.2, 0.25) is 0 Å². The van der Waals surface area contributed by atoms with Gasteiger partial charge in [0.1, 0.15) is 0 Å². The fourth-order valence-electron chi connectivity index (χ4n) is 8.95. The van der Waals surface area contributed by atoms with Gasteiger partial charge in [0.2, 0.25) is 5.91 Å². The number of para-hydroxylation sites is 1. The van der Waals surface area contributed by atoms with Gasteiger partial charge in [0, 0.05) is 36.4 Å². The number of fused-ring (bicyclic) bond motifs is 4. The number of rotatable bonds is 6. The van der Waals surface area contributed by atoms with Crippen LogP contribution in [0.15, 0.2) is 30.3 Å². The number of carbonyl (C=O) groups is 2. The Balaban J connectivity index is 1.21. The normalized spacial score (nSPS) is 36.5. The van der Waals surface area contributed by atoms with E-state index in [9.17, 15) is 9.59 Å². The molecule has 0 aromatic heterocycles. The molecule has 2 aliphatic carbocycles. The average molecular weight is 492 g/mol. The number of nitrogens with zero attached hydrogens (tertiary/aromatic N) is 3. The third-order valence-corrected chi connectivity index (χ3v) is 10.4. The molecule has 3 aliphatic heterocycles. The number of amides is 1. The van der Waals surface area contributed by atoms with Gasteiger partial charge in [-0.15, -0.1) is 0 Å². The topological polar surface area (TPSA) is 43.9 Å². The van der Waals surface area contributed by atoms with E-state index in [2.05, 4.69) is 40.1 Å². The van der Waals surface area contributed by atoms with Gasteiger partial charge >= 0.3 is 0 Å². The van der Waals surface area contributed by atoms with Crippen molar-refractivity contribution in [2.75, 3.05) is 18.0 Å². The molecule has 5 heteroatoms. The van der Waals surface area contributed by atoms with Crippen LogP contribution in [0.5, 0.6) is 0 Å². The summed E-state index contributed by atoms with van der Waals surface area (Å²) in [6, 6.07) is 12.9. The van der Waals surface area contributed by atoms with E-state index in [1.165, 1.54) is 70.6 Å². The van der Waals surface area contributed by atoms with Crippen molar-refractivity contribution in [1.29, 1.82) is 0 Å². The first-order valence-corrected chi connectivity index (χ1v) is 15.0. The maximum absolute atomic E-state index is 13.6. The summed E-state index contributed by atoms with van der Waals surface area (Å²) < 4.78 is 0. The van der Waals surface area contributed by atoms with Crippen LogP contribution in [0.1, 0.15) is 90.4 Å². The molecule has 4 bridgehead atoms. The smallest absolute Gasteiger partial charge is 0.242 e. The number of Topliss-reactive ketones (excluding diaryl/α,β-unsaturated/α-hetero) is 1. The molecule has 3 saturated heterocycles. The largest absolute Gasteiger partial charge is 0.359 e. The summed E-state index contributed by atoms with van der Waals surface area (Å²) in [5.41, 5.74) is 1.16. The van der Waals surface area contributed by atoms with Crippen molar-refractivity contribution in [3.8, 4) is 0 Å². The minimum atomic E-state index is -0.220. The number of piperidine rings is 2. The lowest BCUT2D eigenvalue weighted by molar-refractivity contribution is -0.136. The molecule has 7 atom stereocenters. The SMILES string of the molecule is CC(=O)[C@@H]1CCCN1C(=O)CN(c1ccccc1)[C@H]1C[C@H]2CCC[C@@H](C1)N2[C@H]1C[C@@H]2CCC[C@@H](C2)C1. The van der Waals surface area contributed by atoms with Crippen molar-refractivity contribution >= 4 is 17.4 Å². The molecule has 5 fully saturated rings. The number of hydrogen-bond acceptors (Lipinski definition) is 4. The predicted octanol–water partition coefficient (Wildman–Crippen LogP) is 5.43. The molecule has 1 aromatic carbocycles. The summed E-state index contributed by atoms with van der Waals surface area (Å²) in [6.45, 7) is 2.76. The van der Waals surface area contributed by atoms with E-state index in [4.69, 9.17) is 0 Å². The fourth-order valence-corrected chi connectivity index (χ4v) is 8.95. The van der Waals surface area contributed by atoms with Gasteiger partial charge in [-0.2, -0.15) is 0 Å². The van der Waals surface area contributed by atoms with Gasteiger partial charge < -0.3 is 9.80 Å². The summed E-state index contributed by atoms with van der Waals surface area (Å²) in [4.78, 5) is 33.1. The second kappa shape index (κ2) is 10.5. The van der Waals surface area contributed by atoms with E-state index >= 15 is 0 Å². The van der Waals surface area contributed by atoms with Gasteiger partial charge in [-0.3, -0.25) is 14.5 Å². The van der Waals surface area contributed by atoms with Crippen LogP contribution in [0.25, 0.3) is 0 Å². The van der Waals surface area contributed by atoms with Crippen LogP contribution in [0, 0.1) is 11.8 Å². The van der Waals surface area contributed by atoms with Crippen molar-refractivity contribution in [2.24, 2.45) is 11.8 Å². The molecule has 0 unspecified atom stereocenters. The number of hydrogen-bond donors (Lipinski definition) is 0. The molecule has 3 heterocycles. The number of likely N-dealkylation sites (tertiary alicyclic amines) is 1. The molecule has 2 saturated carbocycles. The van der Waals surface area contributed by atoms with E-state index in [0.717, 1.165) is 43.0 Å². The maximum Gasteiger partial charge on any atom is 0.242 e. The first kappa shape index (κ1) is 24.5. The average Bonchev–Trinajstić information content (AvgIpc) is 3.37. The summed E-state index contributed by atoms with van der Waals surface area (Å²) in [6.07, 6.45) is 16.8. The van der Waals surface area contributed by atoms with Crippen molar-refractivity contribution in [1.82, 2.24) is 9.80 Å². The lowest BCUT2D eigenvalue weighted by Gasteiger charge is -2.56. The van der Waals surface area contributed by atoms with Crippen LogP contribution in [0.3, 0.4) is 0 Å². The Morgan fingerprint density at radius 2 is 1.47 bits per heavy atom. The van der Waals surface area contributed by atoms with E-state index in [1.54, 1.807) is 6.92 Å². The number of carbonyl (C=O) groups excluding carboxylic acids is 2. The third kappa shape index (κ3) is 4.85. The minimum Gasteiger partial charge on any atom is -0.359 e. The Morgan fingerprint density at radius 3 is 2.14 bits per heavy atom. The molecule has 0 radical (unpaired) electrons. The Hall–Kier alpha value is -1.88. The molecule has 1 amide bonds. The molecule has 36 heavy (non-hydrogen) atoms. The van der Waals surface area contributed by atoms with Crippen LogP contribution in [-0.4, -0.2) is 64.8 Å². The van der Waals surface area contributed by atoms with E-state index in [-0.39, 0.29) is 17.7 Å². The first-order valence-electron chi connectivity index (χ1n) is 15.0. The van der Waals surface area contributed by atoms with Crippen molar-refractivity contribution in [3.63, 3.8) is 0 Å². The van der Waals surface area contributed by atoms with Gasteiger partial charge in [0.25, 0.3) is 0 Å². The van der Waals surface area contributed by atoms with E-state index in [0.29, 0.717) is 24.7 Å². The lowest BCUT2D eigenvalue weighted by Crippen LogP contribution is -2.62. The highest BCUT2D eigenvalue weighted by Gasteiger charge is 2.46. The Bertz CT molecular complexity index is 909. The highest BCUT2D eigenvalue weighted by atomic mass is 16.2. The standard InChI is InChI=1S/C31H45N3O2/c1-22(35)30-14-7-15-32(30)31(36)21-33(25-10-3-2-4-11-25)28-19-26-12-6-13-27(20-28)34(26)29-17-23-8-5-9-24(16-23)18-29/h2-4,10-11,23-24,26-30H,5-9,12-21H2,1H3/t23-,24+,26-,27+,28+,29+,30-/m0/s1. The monoisotopic (exact) mass is 491 g/mol. The predicted molar refractivity (Wildman–Crippen MR) is 144 cm³/mol. The molecule has 5 aliphatic rings. The first-order chi connectivity index (χ1) is 17.6. The molecular formula is C31H45N3O2. The molecule has 0 spiro atoms. The van der Waals surface area contributed by atoms with Crippen molar-refractivity contribution in [3.05, 3.63) is 30.3 Å². The van der Waals surface area contributed by atoms with E-state index < -0.39 is 0 Å². The van der Waals surface area contributed by atoms with Crippen LogP contribution >= 0.6 is 0 Å². The highest BCUT2D eigenvalue weighted by Crippen LogP contribution is 2.46. The Labute approximate surface area is 217 Å². The van der Waals surface area contributed by atoms with Crippen LogP contribution in [-0.2, 0) is 9.59 Å². The zero-order valence-electron chi connectivity index (χ0n) is 22.2. The molecule has 5 nitrogen and oxygen atoms in total. The molecule has 0 N–H and O–H groups in total. The van der Waals surface area contributed by atoms with Gasteiger partial charge in [0.15, 0.2) is 5.78 Å². The van der Waals surface area contributed by atoms with Crippen LogP contribution < -0.4 is 4.90 Å². The summed E-state index contributed by atoms with van der Waals surface area (Å²) in [7, 11) is 0. The second-order valence-corrected chi connectivity index (χ2v) is 12.7. The highest BCUT2D eigenvalue weighted by molar-refractivity contribution is 5.90. The molecule has 1 aromatic rings.